The first-order chi connectivity index (χ1) is 12.2. The molecule has 1 N–H and O–H groups in total. The molecular formula is C16H18ClN5O2S. The van der Waals surface area contributed by atoms with Crippen molar-refractivity contribution >= 4 is 35.1 Å². The van der Waals surface area contributed by atoms with Gasteiger partial charge in [0.15, 0.2) is 5.16 Å². The molecule has 9 heteroatoms. The van der Waals surface area contributed by atoms with E-state index in [1.807, 2.05) is 18.2 Å². The van der Waals surface area contributed by atoms with Crippen LogP contribution in [0.5, 0.6) is 0 Å². The molecule has 1 aliphatic heterocycles. The van der Waals surface area contributed by atoms with E-state index in [-0.39, 0.29) is 11.7 Å². The summed E-state index contributed by atoms with van der Waals surface area (Å²) in [6, 6.07) is 7.32. The molecule has 2 aromatic rings. The number of morpholine rings is 1. The first-order valence-corrected chi connectivity index (χ1v) is 9.24. The second kappa shape index (κ2) is 8.98. The molecule has 1 fully saturated rings. The number of thioether (sulfide) groups is 1. The van der Waals surface area contributed by atoms with E-state index >= 15 is 0 Å². The van der Waals surface area contributed by atoms with Crippen LogP contribution in [0.4, 0.5) is 5.82 Å². The number of rotatable bonds is 6. The van der Waals surface area contributed by atoms with Gasteiger partial charge >= 0.3 is 0 Å². The van der Waals surface area contributed by atoms with Crippen LogP contribution in [0.15, 0.2) is 35.6 Å². The zero-order valence-electron chi connectivity index (χ0n) is 13.5. The summed E-state index contributed by atoms with van der Waals surface area (Å²) in [4.78, 5) is 26.9. The van der Waals surface area contributed by atoms with Gasteiger partial charge in [-0.15, -0.1) is 0 Å². The Kier molecular flexibility index (Phi) is 6.43. The summed E-state index contributed by atoms with van der Waals surface area (Å²) in [7, 11) is 0. The summed E-state index contributed by atoms with van der Waals surface area (Å²) in [5.74, 6) is 0.877. The molecule has 2 aromatic heterocycles. The first kappa shape index (κ1) is 17.9. The fraction of sp³-hybridized carbons (Fsp3) is 0.375. The van der Waals surface area contributed by atoms with Crippen LogP contribution < -0.4 is 10.2 Å². The number of halogens is 1. The number of amides is 1. The van der Waals surface area contributed by atoms with E-state index in [2.05, 4.69) is 25.2 Å². The largest absolute Gasteiger partial charge is 0.378 e. The van der Waals surface area contributed by atoms with Crippen molar-refractivity contribution in [3.63, 3.8) is 0 Å². The monoisotopic (exact) mass is 379 g/mol. The van der Waals surface area contributed by atoms with Crippen molar-refractivity contribution < 1.29 is 9.53 Å². The number of nitrogens with zero attached hydrogens (tertiary/aromatic N) is 4. The van der Waals surface area contributed by atoms with Crippen LogP contribution in [0.2, 0.25) is 5.15 Å². The number of aromatic nitrogens is 3. The highest BCUT2D eigenvalue weighted by molar-refractivity contribution is 7.99. The van der Waals surface area contributed by atoms with Crippen LogP contribution in [0.1, 0.15) is 5.69 Å². The van der Waals surface area contributed by atoms with E-state index < -0.39 is 0 Å². The molecule has 1 aliphatic rings. The third kappa shape index (κ3) is 5.55. The topological polar surface area (TPSA) is 80.2 Å². The molecule has 3 heterocycles. The van der Waals surface area contributed by atoms with E-state index in [4.69, 9.17) is 16.3 Å². The van der Waals surface area contributed by atoms with Gasteiger partial charge in [-0.2, -0.15) is 0 Å². The standard InChI is InChI=1S/C16H18ClN5O2S/c17-13-9-14(22-5-7-24-8-6-22)21-16(20-13)25-11-15(23)19-10-12-3-1-2-4-18-12/h1-4,9H,5-8,10-11H2,(H,19,23). The maximum absolute atomic E-state index is 12.0. The van der Waals surface area contributed by atoms with E-state index in [1.54, 1.807) is 12.3 Å². The minimum atomic E-state index is -0.104. The number of hydrogen-bond donors (Lipinski definition) is 1. The molecule has 25 heavy (non-hydrogen) atoms. The molecule has 0 radical (unpaired) electrons. The third-order valence-electron chi connectivity index (χ3n) is 3.52. The van der Waals surface area contributed by atoms with Crippen molar-refractivity contribution in [1.29, 1.82) is 0 Å². The molecule has 0 unspecified atom stereocenters. The smallest absolute Gasteiger partial charge is 0.230 e. The van der Waals surface area contributed by atoms with Gasteiger partial charge in [0.1, 0.15) is 11.0 Å². The summed E-state index contributed by atoms with van der Waals surface area (Å²) in [5.41, 5.74) is 0.814. The van der Waals surface area contributed by atoms with E-state index in [0.717, 1.165) is 24.6 Å². The normalized spacial score (nSPS) is 14.4. The van der Waals surface area contributed by atoms with Gasteiger partial charge in [-0.3, -0.25) is 9.78 Å². The lowest BCUT2D eigenvalue weighted by Crippen LogP contribution is -2.36. The Morgan fingerprint density at radius 3 is 2.92 bits per heavy atom. The van der Waals surface area contributed by atoms with Gasteiger partial charge < -0.3 is 15.0 Å². The maximum Gasteiger partial charge on any atom is 0.230 e. The molecule has 3 rings (SSSR count). The Morgan fingerprint density at radius 2 is 2.16 bits per heavy atom. The van der Waals surface area contributed by atoms with Crippen LogP contribution in [-0.4, -0.2) is 52.9 Å². The highest BCUT2D eigenvalue weighted by Crippen LogP contribution is 2.22. The predicted octanol–water partition coefficient (Wildman–Crippen LogP) is 1.77. The first-order valence-electron chi connectivity index (χ1n) is 7.87. The van der Waals surface area contributed by atoms with Crippen LogP contribution in [0.3, 0.4) is 0 Å². The van der Waals surface area contributed by atoms with Gasteiger partial charge in [-0.25, -0.2) is 9.97 Å². The molecule has 7 nitrogen and oxygen atoms in total. The van der Waals surface area contributed by atoms with Gasteiger partial charge in [0.25, 0.3) is 0 Å². The van der Waals surface area contributed by atoms with Crippen LogP contribution in [0.25, 0.3) is 0 Å². The quantitative estimate of drug-likeness (QED) is 0.465. The Labute approximate surface area is 155 Å². The average molecular weight is 380 g/mol. The Morgan fingerprint density at radius 1 is 1.32 bits per heavy atom. The Bertz CT molecular complexity index is 713. The van der Waals surface area contributed by atoms with Crippen LogP contribution in [-0.2, 0) is 16.1 Å². The second-order valence-electron chi connectivity index (χ2n) is 5.32. The van der Waals surface area contributed by atoms with Crippen LogP contribution >= 0.6 is 23.4 Å². The number of nitrogens with one attached hydrogen (secondary N) is 1. The second-order valence-corrected chi connectivity index (χ2v) is 6.65. The SMILES string of the molecule is O=C(CSc1nc(Cl)cc(N2CCOCC2)n1)NCc1ccccn1. The number of anilines is 1. The molecule has 0 spiro atoms. The highest BCUT2D eigenvalue weighted by Gasteiger charge is 2.15. The van der Waals surface area contributed by atoms with E-state index in [9.17, 15) is 4.79 Å². The minimum absolute atomic E-state index is 0.104. The summed E-state index contributed by atoms with van der Waals surface area (Å²) in [6.45, 7) is 3.26. The summed E-state index contributed by atoms with van der Waals surface area (Å²) in [5, 5.41) is 3.68. The van der Waals surface area contributed by atoms with Crippen molar-refractivity contribution in [2.75, 3.05) is 37.0 Å². The molecule has 0 aromatic carbocycles. The fourth-order valence-corrected chi connectivity index (χ4v) is 3.19. The number of ether oxygens (including phenoxy) is 1. The van der Waals surface area contributed by atoms with Gasteiger partial charge in [0.2, 0.25) is 5.91 Å². The number of pyridine rings is 1. The maximum atomic E-state index is 12.0. The fourth-order valence-electron chi connectivity index (χ4n) is 2.28. The number of carbonyl (C=O) groups excluding carboxylic acids is 1. The Hall–Kier alpha value is -1.90. The van der Waals surface area contributed by atoms with Gasteiger partial charge in [-0.05, 0) is 12.1 Å². The lowest BCUT2D eigenvalue weighted by atomic mass is 10.3. The number of hydrogen-bond acceptors (Lipinski definition) is 7. The molecule has 0 bridgehead atoms. The average Bonchev–Trinajstić information content (AvgIpc) is 2.66. The van der Waals surface area contributed by atoms with E-state index in [0.29, 0.717) is 30.1 Å². The molecule has 132 valence electrons. The van der Waals surface area contributed by atoms with Crippen molar-refractivity contribution in [2.24, 2.45) is 0 Å². The molecular weight excluding hydrogens is 362 g/mol. The van der Waals surface area contributed by atoms with Crippen molar-refractivity contribution in [2.45, 2.75) is 11.7 Å². The zero-order valence-corrected chi connectivity index (χ0v) is 15.1. The van der Waals surface area contributed by atoms with Crippen LogP contribution in [0, 0.1) is 0 Å². The molecule has 0 saturated carbocycles. The van der Waals surface area contributed by atoms with Crippen molar-refractivity contribution in [3.8, 4) is 0 Å². The summed E-state index contributed by atoms with van der Waals surface area (Å²) >= 11 is 7.35. The minimum Gasteiger partial charge on any atom is -0.378 e. The molecule has 0 atom stereocenters. The lowest BCUT2D eigenvalue weighted by Gasteiger charge is -2.27. The lowest BCUT2D eigenvalue weighted by molar-refractivity contribution is -0.118. The summed E-state index contributed by atoms with van der Waals surface area (Å²) < 4.78 is 5.34. The van der Waals surface area contributed by atoms with Gasteiger partial charge in [-0.1, -0.05) is 29.4 Å². The van der Waals surface area contributed by atoms with Crippen molar-refractivity contribution in [1.82, 2.24) is 20.3 Å². The zero-order chi connectivity index (χ0) is 17.5. The van der Waals surface area contributed by atoms with Gasteiger partial charge in [0, 0.05) is 25.4 Å². The predicted molar refractivity (Wildman–Crippen MR) is 96.9 cm³/mol. The third-order valence-corrected chi connectivity index (χ3v) is 4.56. The Balaban J connectivity index is 1.53. The number of carbonyl (C=O) groups is 1. The summed E-state index contributed by atoms with van der Waals surface area (Å²) in [6.07, 6.45) is 1.70. The molecule has 1 amide bonds. The molecule has 1 saturated heterocycles. The van der Waals surface area contributed by atoms with Gasteiger partial charge in [0.05, 0.1) is 31.2 Å². The molecule has 0 aliphatic carbocycles. The highest BCUT2D eigenvalue weighted by atomic mass is 35.5. The van der Waals surface area contributed by atoms with E-state index in [1.165, 1.54) is 11.8 Å². The van der Waals surface area contributed by atoms with Crippen molar-refractivity contribution in [3.05, 3.63) is 41.3 Å².